The fourth-order valence-electron chi connectivity index (χ4n) is 5.06. The van der Waals surface area contributed by atoms with Crippen LogP contribution in [0, 0.1) is 6.92 Å². The molecule has 1 saturated carbocycles. The van der Waals surface area contributed by atoms with Gasteiger partial charge in [0.1, 0.15) is 11.4 Å². The number of rotatable bonds is 7. The minimum atomic E-state index is -0.125. The summed E-state index contributed by atoms with van der Waals surface area (Å²) in [5, 5.41) is 7.68. The van der Waals surface area contributed by atoms with E-state index in [-0.39, 0.29) is 18.0 Å². The Balaban J connectivity index is 1.55. The van der Waals surface area contributed by atoms with E-state index in [2.05, 4.69) is 65.3 Å². The molecule has 0 saturated heterocycles. The number of hydrogen-bond acceptors (Lipinski definition) is 3. The van der Waals surface area contributed by atoms with Crippen molar-refractivity contribution in [1.29, 1.82) is 0 Å². The molecule has 0 spiro atoms. The molecule has 0 radical (unpaired) electrons. The molecule has 1 fully saturated rings. The third kappa shape index (κ3) is 3.70. The van der Waals surface area contributed by atoms with Crippen molar-refractivity contribution < 1.29 is 9.53 Å². The number of benzene rings is 2. The van der Waals surface area contributed by atoms with Crippen molar-refractivity contribution in [3.05, 3.63) is 70.9 Å². The number of nitrogens with zero attached hydrogens (tertiary/aromatic N) is 2. The topological polar surface area (TPSA) is 58.2 Å². The van der Waals surface area contributed by atoms with Gasteiger partial charge in [0.05, 0.1) is 18.3 Å². The summed E-state index contributed by atoms with van der Waals surface area (Å²) >= 11 is 0. The number of nitrogens with one attached hydrogen (secondary N) is 1. The second kappa shape index (κ2) is 8.81. The quantitative estimate of drug-likeness (QED) is 0.465. The molecule has 1 unspecified atom stereocenters. The van der Waals surface area contributed by atoms with Gasteiger partial charge in [-0.2, -0.15) is 5.10 Å². The van der Waals surface area contributed by atoms with Crippen molar-refractivity contribution in [2.24, 2.45) is 0 Å². The number of fused-ring (bicyclic) bond motifs is 1. The number of aromatic amines is 1. The predicted octanol–water partition coefficient (Wildman–Crippen LogP) is 6.05. The number of hydrogen-bond donors (Lipinski definition) is 1. The predicted molar refractivity (Wildman–Crippen MR) is 126 cm³/mol. The fraction of sp³-hybridized carbons (Fsp3) is 0.407. The van der Waals surface area contributed by atoms with Gasteiger partial charge >= 0.3 is 0 Å². The zero-order valence-corrected chi connectivity index (χ0v) is 18.9. The molecule has 1 aromatic heterocycles. The van der Waals surface area contributed by atoms with Crippen LogP contribution in [0.3, 0.4) is 0 Å². The van der Waals surface area contributed by atoms with Crippen molar-refractivity contribution >= 4 is 5.91 Å². The number of H-pyrrole nitrogens is 1. The summed E-state index contributed by atoms with van der Waals surface area (Å²) < 4.78 is 5.87. The number of aryl methyl sites for hydroxylation is 1. The molecule has 5 rings (SSSR count). The summed E-state index contributed by atoms with van der Waals surface area (Å²) in [4.78, 5) is 15.6. The monoisotopic (exact) mass is 429 g/mol. The highest BCUT2D eigenvalue weighted by molar-refractivity contribution is 6.00. The molecule has 1 aliphatic carbocycles. The first-order valence-electron chi connectivity index (χ1n) is 11.9. The van der Waals surface area contributed by atoms with Gasteiger partial charge in [0, 0.05) is 17.2 Å². The third-order valence-electron chi connectivity index (χ3n) is 6.81. The summed E-state index contributed by atoms with van der Waals surface area (Å²) in [6, 6.07) is 16.8. The van der Waals surface area contributed by atoms with E-state index in [4.69, 9.17) is 4.74 Å². The molecular weight excluding hydrogens is 398 g/mol. The minimum absolute atomic E-state index is 0.0750. The molecule has 1 amide bonds. The van der Waals surface area contributed by atoms with Gasteiger partial charge in [0.25, 0.3) is 5.91 Å². The Morgan fingerprint density at radius 1 is 1.06 bits per heavy atom. The summed E-state index contributed by atoms with van der Waals surface area (Å²) in [5.74, 6) is 0.955. The number of carbonyl (C=O) groups is 1. The van der Waals surface area contributed by atoms with Gasteiger partial charge in [-0.1, -0.05) is 68.1 Å². The van der Waals surface area contributed by atoms with E-state index in [1.807, 2.05) is 12.1 Å². The van der Waals surface area contributed by atoms with Crippen molar-refractivity contribution in [2.75, 3.05) is 6.61 Å². The molecule has 2 heterocycles. The van der Waals surface area contributed by atoms with Gasteiger partial charge in [-0.3, -0.25) is 9.89 Å². The average molecular weight is 430 g/mol. The molecule has 166 valence electrons. The molecule has 5 nitrogen and oxygen atoms in total. The van der Waals surface area contributed by atoms with E-state index in [0.29, 0.717) is 5.69 Å². The fourth-order valence-corrected chi connectivity index (χ4v) is 5.06. The Morgan fingerprint density at radius 2 is 1.78 bits per heavy atom. The first-order valence-corrected chi connectivity index (χ1v) is 11.9. The summed E-state index contributed by atoms with van der Waals surface area (Å²) in [5.41, 5.74) is 5.88. The lowest BCUT2D eigenvalue weighted by Crippen LogP contribution is -2.37. The van der Waals surface area contributed by atoms with E-state index in [1.54, 1.807) is 0 Å². The summed E-state index contributed by atoms with van der Waals surface area (Å²) in [6.07, 6.45) is 6.66. The first-order chi connectivity index (χ1) is 15.7. The van der Waals surface area contributed by atoms with Crippen LogP contribution in [0.5, 0.6) is 5.75 Å². The number of aromatic nitrogens is 2. The zero-order valence-electron chi connectivity index (χ0n) is 18.9. The van der Waals surface area contributed by atoms with Crippen molar-refractivity contribution in [3.8, 4) is 17.0 Å². The van der Waals surface area contributed by atoms with Crippen LogP contribution in [0.25, 0.3) is 11.3 Å². The maximum absolute atomic E-state index is 13.5. The first kappa shape index (κ1) is 20.8. The van der Waals surface area contributed by atoms with Crippen LogP contribution in [0.2, 0.25) is 0 Å². The average Bonchev–Trinajstić information content (AvgIpc) is 3.53. The Hall–Kier alpha value is -3.08. The molecule has 1 aliphatic heterocycles. The van der Waals surface area contributed by atoms with E-state index >= 15 is 0 Å². The maximum Gasteiger partial charge on any atom is 0.273 e. The van der Waals surface area contributed by atoms with Crippen molar-refractivity contribution in [2.45, 2.75) is 64.5 Å². The zero-order chi connectivity index (χ0) is 22.1. The van der Waals surface area contributed by atoms with Gasteiger partial charge in [0.2, 0.25) is 0 Å². The molecule has 1 N–H and O–H groups in total. The SMILES string of the molecule is CCCCOc1ccc(C2c3c(-c4ccc(C)cc4)n[nH]c3C(=O)N2C2CCCC2)cc1. The van der Waals surface area contributed by atoms with Crippen molar-refractivity contribution in [3.63, 3.8) is 0 Å². The van der Waals surface area contributed by atoms with Crippen LogP contribution in [-0.2, 0) is 0 Å². The second-order valence-electron chi connectivity index (χ2n) is 9.05. The molecule has 3 aromatic rings. The molecule has 2 aliphatic rings. The largest absolute Gasteiger partial charge is 0.494 e. The number of unbranched alkanes of at least 4 members (excludes halogenated alkanes) is 1. The normalized spacial score (nSPS) is 18.4. The standard InChI is InChI=1S/C27H31N3O2/c1-3-4-17-32-22-15-13-20(14-16-22)26-23-24(19-11-9-18(2)10-12-19)28-29-25(23)27(31)30(26)21-7-5-6-8-21/h9-16,21,26H,3-8,17H2,1-2H3,(H,28,29). The highest BCUT2D eigenvalue weighted by Gasteiger charge is 2.45. The molecule has 5 heteroatoms. The number of ether oxygens (including phenoxy) is 1. The highest BCUT2D eigenvalue weighted by Crippen LogP contribution is 2.46. The van der Waals surface area contributed by atoms with E-state index < -0.39 is 0 Å². The smallest absolute Gasteiger partial charge is 0.273 e. The number of amides is 1. The Labute approximate surface area is 189 Å². The molecular formula is C27H31N3O2. The third-order valence-corrected chi connectivity index (χ3v) is 6.81. The van der Waals surface area contributed by atoms with Crippen LogP contribution in [0.4, 0.5) is 0 Å². The van der Waals surface area contributed by atoms with Crippen LogP contribution < -0.4 is 4.74 Å². The van der Waals surface area contributed by atoms with Gasteiger partial charge in [-0.15, -0.1) is 0 Å². The minimum Gasteiger partial charge on any atom is -0.494 e. The lowest BCUT2D eigenvalue weighted by Gasteiger charge is -2.32. The summed E-state index contributed by atoms with van der Waals surface area (Å²) in [7, 11) is 0. The van der Waals surface area contributed by atoms with Crippen LogP contribution in [0.15, 0.2) is 48.5 Å². The molecule has 32 heavy (non-hydrogen) atoms. The summed E-state index contributed by atoms with van der Waals surface area (Å²) in [6.45, 7) is 4.97. The Kier molecular flexibility index (Phi) is 5.73. The van der Waals surface area contributed by atoms with Gasteiger partial charge in [0.15, 0.2) is 0 Å². The lowest BCUT2D eigenvalue weighted by molar-refractivity contribution is 0.0660. The van der Waals surface area contributed by atoms with Crippen molar-refractivity contribution in [1.82, 2.24) is 15.1 Å². The highest BCUT2D eigenvalue weighted by atomic mass is 16.5. The molecule has 2 aromatic carbocycles. The Morgan fingerprint density at radius 3 is 2.47 bits per heavy atom. The second-order valence-corrected chi connectivity index (χ2v) is 9.05. The van der Waals surface area contributed by atoms with Crippen LogP contribution in [-0.4, -0.2) is 33.7 Å². The van der Waals surface area contributed by atoms with E-state index in [1.165, 1.54) is 18.4 Å². The lowest BCUT2D eigenvalue weighted by atomic mass is 9.95. The van der Waals surface area contributed by atoms with Gasteiger partial charge in [-0.05, 0) is 43.9 Å². The van der Waals surface area contributed by atoms with Crippen LogP contribution in [0.1, 0.15) is 78.7 Å². The Bertz CT molecular complexity index is 1080. The van der Waals surface area contributed by atoms with Gasteiger partial charge in [-0.25, -0.2) is 0 Å². The van der Waals surface area contributed by atoms with E-state index in [0.717, 1.165) is 60.4 Å². The maximum atomic E-state index is 13.5. The molecule has 1 atom stereocenters. The van der Waals surface area contributed by atoms with E-state index in [9.17, 15) is 4.79 Å². The molecule has 0 bridgehead atoms. The van der Waals surface area contributed by atoms with Crippen LogP contribution >= 0.6 is 0 Å². The number of carbonyl (C=O) groups excluding carboxylic acids is 1. The van der Waals surface area contributed by atoms with Gasteiger partial charge < -0.3 is 9.64 Å².